The van der Waals surface area contributed by atoms with E-state index in [0.717, 1.165) is 24.9 Å². The number of halogens is 2. The van der Waals surface area contributed by atoms with Crippen molar-refractivity contribution in [3.8, 4) is 0 Å². The minimum absolute atomic E-state index is 0.00584. The third-order valence-corrected chi connectivity index (χ3v) is 7.12. The summed E-state index contributed by atoms with van der Waals surface area (Å²) < 4.78 is 27.3. The summed E-state index contributed by atoms with van der Waals surface area (Å²) in [6, 6.07) is 11.9. The first-order valence-electron chi connectivity index (χ1n) is 13.1. The SMILES string of the molecule is CCNCCNC(=O)CN(CC(=O)N(C)C1Cc2ccccc2C1)c1cc2cnn(CC(F)F)c2cc1C. The van der Waals surface area contributed by atoms with Crippen LogP contribution in [0.25, 0.3) is 10.9 Å². The second kappa shape index (κ2) is 12.3. The maximum absolute atomic E-state index is 13.5. The molecule has 1 heterocycles. The molecule has 0 saturated heterocycles. The van der Waals surface area contributed by atoms with Crippen molar-refractivity contribution < 1.29 is 18.4 Å². The summed E-state index contributed by atoms with van der Waals surface area (Å²) in [6.07, 6.45) is 0.629. The Kier molecular flexibility index (Phi) is 8.93. The van der Waals surface area contributed by atoms with E-state index in [0.29, 0.717) is 29.7 Å². The fourth-order valence-corrected chi connectivity index (χ4v) is 5.05. The fraction of sp³-hybridized carbons (Fsp3) is 0.464. The minimum atomic E-state index is -2.52. The summed E-state index contributed by atoms with van der Waals surface area (Å²) in [6.45, 7) is 5.31. The minimum Gasteiger partial charge on any atom is -0.353 e. The fourth-order valence-electron chi connectivity index (χ4n) is 5.05. The number of nitrogens with zero attached hydrogens (tertiary/aromatic N) is 4. The highest BCUT2D eigenvalue weighted by atomic mass is 19.3. The number of alkyl halides is 2. The summed E-state index contributed by atoms with van der Waals surface area (Å²) >= 11 is 0. The zero-order valence-corrected chi connectivity index (χ0v) is 22.2. The van der Waals surface area contributed by atoms with Crippen LogP contribution in [0.15, 0.2) is 42.6 Å². The van der Waals surface area contributed by atoms with E-state index in [1.807, 2.05) is 39.1 Å². The van der Waals surface area contributed by atoms with E-state index in [9.17, 15) is 18.4 Å². The molecule has 4 rings (SSSR count). The number of anilines is 1. The van der Waals surface area contributed by atoms with Gasteiger partial charge in [-0.2, -0.15) is 5.10 Å². The molecule has 1 aliphatic carbocycles. The molecule has 0 fully saturated rings. The van der Waals surface area contributed by atoms with Gasteiger partial charge in [0.15, 0.2) is 0 Å². The number of benzene rings is 2. The highest BCUT2D eigenvalue weighted by Gasteiger charge is 2.29. The molecule has 8 nitrogen and oxygen atoms in total. The van der Waals surface area contributed by atoms with Gasteiger partial charge in [0.2, 0.25) is 11.8 Å². The van der Waals surface area contributed by atoms with E-state index in [-0.39, 0.29) is 30.9 Å². The number of hydrogen-bond donors (Lipinski definition) is 2. The lowest BCUT2D eigenvalue weighted by Crippen LogP contribution is -2.47. The van der Waals surface area contributed by atoms with Crippen molar-refractivity contribution in [2.45, 2.75) is 45.7 Å². The van der Waals surface area contributed by atoms with Crippen LogP contribution in [-0.4, -0.2) is 78.7 Å². The van der Waals surface area contributed by atoms with E-state index in [1.54, 1.807) is 22.1 Å². The molecule has 1 aromatic heterocycles. The Morgan fingerprint density at radius 2 is 1.84 bits per heavy atom. The number of aryl methyl sites for hydroxylation is 1. The molecule has 0 saturated carbocycles. The molecule has 0 bridgehead atoms. The number of amides is 2. The van der Waals surface area contributed by atoms with Crippen LogP contribution < -0.4 is 15.5 Å². The number of fused-ring (bicyclic) bond motifs is 2. The first kappa shape index (κ1) is 27.5. The van der Waals surface area contributed by atoms with Gasteiger partial charge in [-0.25, -0.2) is 8.78 Å². The lowest BCUT2D eigenvalue weighted by atomic mass is 10.1. The first-order chi connectivity index (χ1) is 18.3. The van der Waals surface area contributed by atoms with Gasteiger partial charge in [-0.05, 0) is 55.1 Å². The van der Waals surface area contributed by atoms with E-state index in [4.69, 9.17) is 0 Å². The van der Waals surface area contributed by atoms with Crippen LogP contribution in [0.1, 0.15) is 23.6 Å². The van der Waals surface area contributed by atoms with Crippen LogP contribution >= 0.6 is 0 Å². The molecule has 1 aliphatic rings. The maximum Gasteiger partial charge on any atom is 0.257 e. The smallest absolute Gasteiger partial charge is 0.257 e. The third kappa shape index (κ3) is 6.48. The van der Waals surface area contributed by atoms with Crippen molar-refractivity contribution in [1.82, 2.24) is 25.3 Å². The summed E-state index contributed by atoms with van der Waals surface area (Å²) in [4.78, 5) is 29.9. The number of rotatable bonds is 12. The number of hydrogen-bond acceptors (Lipinski definition) is 5. The van der Waals surface area contributed by atoms with Gasteiger partial charge in [-0.3, -0.25) is 14.3 Å². The lowest BCUT2D eigenvalue weighted by molar-refractivity contribution is -0.130. The van der Waals surface area contributed by atoms with Gasteiger partial charge in [-0.15, -0.1) is 0 Å². The Morgan fingerprint density at radius 3 is 2.50 bits per heavy atom. The normalized spacial score (nSPS) is 13.2. The van der Waals surface area contributed by atoms with Gasteiger partial charge < -0.3 is 20.4 Å². The number of carbonyl (C=O) groups is 2. The van der Waals surface area contributed by atoms with Gasteiger partial charge in [0, 0.05) is 37.3 Å². The van der Waals surface area contributed by atoms with E-state index in [2.05, 4.69) is 27.9 Å². The van der Waals surface area contributed by atoms with Crippen LogP contribution in [0.3, 0.4) is 0 Å². The largest absolute Gasteiger partial charge is 0.353 e. The Morgan fingerprint density at radius 1 is 1.13 bits per heavy atom. The van der Waals surface area contributed by atoms with Gasteiger partial charge in [0.1, 0.15) is 6.54 Å². The van der Waals surface area contributed by atoms with Gasteiger partial charge >= 0.3 is 0 Å². The van der Waals surface area contributed by atoms with Crippen molar-refractivity contribution in [2.75, 3.05) is 44.7 Å². The molecular formula is C28H36F2N6O2. The Bertz CT molecular complexity index is 1250. The van der Waals surface area contributed by atoms with Crippen LogP contribution in [0, 0.1) is 6.92 Å². The zero-order valence-electron chi connectivity index (χ0n) is 22.2. The quantitative estimate of drug-likeness (QED) is 0.355. The summed E-state index contributed by atoms with van der Waals surface area (Å²) in [5.74, 6) is -0.282. The molecule has 2 aromatic carbocycles. The van der Waals surface area contributed by atoms with Crippen molar-refractivity contribution in [2.24, 2.45) is 0 Å². The maximum atomic E-state index is 13.5. The monoisotopic (exact) mass is 526 g/mol. The predicted octanol–water partition coefficient (Wildman–Crippen LogP) is 2.77. The molecule has 0 aliphatic heterocycles. The second-order valence-electron chi connectivity index (χ2n) is 9.81. The van der Waals surface area contributed by atoms with E-state index < -0.39 is 13.0 Å². The third-order valence-electron chi connectivity index (χ3n) is 7.12. The average Bonchev–Trinajstić information content (AvgIpc) is 3.49. The Balaban J connectivity index is 1.54. The molecule has 0 radical (unpaired) electrons. The number of likely N-dealkylation sites (N-methyl/N-ethyl adjacent to an activating group) is 2. The predicted molar refractivity (Wildman–Crippen MR) is 145 cm³/mol. The summed E-state index contributed by atoms with van der Waals surface area (Å²) in [5, 5.41) is 10.9. The molecule has 2 amide bonds. The Labute approximate surface area is 222 Å². The highest BCUT2D eigenvalue weighted by Crippen LogP contribution is 2.28. The topological polar surface area (TPSA) is 82.5 Å². The van der Waals surface area contributed by atoms with Crippen molar-refractivity contribution in [3.05, 3.63) is 59.3 Å². The lowest BCUT2D eigenvalue weighted by Gasteiger charge is -2.30. The van der Waals surface area contributed by atoms with Crippen LogP contribution in [0.5, 0.6) is 0 Å². The van der Waals surface area contributed by atoms with Crippen molar-refractivity contribution >= 4 is 28.4 Å². The molecule has 0 spiro atoms. The molecular weight excluding hydrogens is 490 g/mol. The van der Waals surface area contributed by atoms with Gasteiger partial charge in [0.25, 0.3) is 6.43 Å². The van der Waals surface area contributed by atoms with Crippen LogP contribution in [0.2, 0.25) is 0 Å². The van der Waals surface area contributed by atoms with Crippen molar-refractivity contribution in [3.63, 3.8) is 0 Å². The second-order valence-corrected chi connectivity index (χ2v) is 9.81. The van der Waals surface area contributed by atoms with Crippen LogP contribution in [0.4, 0.5) is 14.5 Å². The molecule has 3 aromatic rings. The standard InChI is InChI=1S/C28H36F2N6O2/c1-4-31-9-10-32-27(37)17-35(18-28(38)34(3)23-12-20-7-5-6-8-21(20)13-23)24-14-22-15-33-36(16-26(29)30)25(22)11-19(24)2/h5-8,11,14-15,23,26,31H,4,9-10,12-13,16-18H2,1-3H3,(H,32,37). The van der Waals surface area contributed by atoms with E-state index >= 15 is 0 Å². The van der Waals surface area contributed by atoms with Gasteiger partial charge in [0.05, 0.1) is 24.8 Å². The first-order valence-corrected chi connectivity index (χ1v) is 13.1. The van der Waals surface area contributed by atoms with Crippen LogP contribution in [-0.2, 0) is 29.0 Å². The van der Waals surface area contributed by atoms with Gasteiger partial charge in [-0.1, -0.05) is 31.2 Å². The molecule has 10 heteroatoms. The number of aromatic nitrogens is 2. The molecule has 2 N–H and O–H groups in total. The summed E-state index contributed by atoms with van der Waals surface area (Å²) in [5.41, 5.74) is 4.59. The molecule has 0 atom stereocenters. The summed E-state index contributed by atoms with van der Waals surface area (Å²) in [7, 11) is 1.82. The molecule has 38 heavy (non-hydrogen) atoms. The average molecular weight is 527 g/mol. The molecule has 204 valence electrons. The molecule has 0 unspecified atom stereocenters. The number of nitrogens with one attached hydrogen (secondary N) is 2. The highest BCUT2D eigenvalue weighted by molar-refractivity contribution is 5.90. The Hall–Kier alpha value is -3.53. The van der Waals surface area contributed by atoms with Crippen molar-refractivity contribution in [1.29, 1.82) is 0 Å². The zero-order chi connectivity index (χ0) is 27.2. The number of carbonyl (C=O) groups excluding carboxylic acids is 2. The van der Waals surface area contributed by atoms with E-state index in [1.165, 1.54) is 15.8 Å².